The molecule has 9 nitrogen and oxygen atoms in total. The first-order valence-corrected chi connectivity index (χ1v) is 9.96. The van der Waals surface area contributed by atoms with Crippen LogP contribution in [0.4, 0.5) is 5.69 Å². The SMILES string of the molecule is COc1cccc(NC(=O)COc2ccc(C(=O)NCc3nncn3C3CC3)cc2)c1. The molecule has 3 aromatic rings. The number of carbonyl (C=O) groups excluding carboxylic acids is 2. The van der Waals surface area contributed by atoms with Gasteiger partial charge < -0.3 is 24.7 Å². The maximum atomic E-state index is 12.4. The van der Waals surface area contributed by atoms with Gasteiger partial charge in [0, 0.05) is 23.4 Å². The second kappa shape index (κ2) is 9.29. The molecule has 1 fully saturated rings. The fraction of sp³-hybridized carbons (Fsp3) is 0.273. The maximum absolute atomic E-state index is 12.4. The highest BCUT2D eigenvalue weighted by Crippen LogP contribution is 2.35. The van der Waals surface area contributed by atoms with Gasteiger partial charge in [-0.3, -0.25) is 9.59 Å². The first-order chi connectivity index (χ1) is 15.1. The molecule has 0 aliphatic heterocycles. The van der Waals surface area contributed by atoms with E-state index in [1.807, 2.05) is 4.57 Å². The van der Waals surface area contributed by atoms with Gasteiger partial charge in [-0.05, 0) is 49.2 Å². The lowest BCUT2D eigenvalue weighted by Crippen LogP contribution is -2.24. The molecule has 0 radical (unpaired) electrons. The number of benzene rings is 2. The highest BCUT2D eigenvalue weighted by molar-refractivity contribution is 5.94. The van der Waals surface area contributed by atoms with Gasteiger partial charge >= 0.3 is 0 Å². The molecule has 31 heavy (non-hydrogen) atoms. The van der Waals surface area contributed by atoms with Crippen LogP contribution in [0.3, 0.4) is 0 Å². The van der Waals surface area contributed by atoms with Crippen LogP contribution in [0, 0.1) is 0 Å². The average molecular weight is 421 g/mol. The molecule has 4 rings (SSSR count). The van der Waals surface area contributed by atoms with E-state index in [9.17, 15) is 9.59 Å². The molecule has 1 aliphatic carbocycles. The predicted octanol–water partition coefficient (Wildman–Crippen LogP) is 2.57. The summed E-state index contributed by atoms with van der Waals surface area (Å²) in [6.07, 6.45) is 3.95. The Labute approximate surface area is 179 Å². The summed E-state index contributed by atoms with van der Waals surface area (Å²) < 4.78 is 12.6. The number of nitrogens with zero attached hydrogens (tertiary/aromatic N) is 3. The van der Waals surface area contributed by atoms with Gasteiger partial charge in [-0.15, -0.1) is 10.2 Å². The molecule has 2 amide bonds. The molecule has 2 aromatic carbocycles. The summed E-state index contributed by atoms with van der Waals surface area (Å²) in [6.45, 7) is 0.164. The summed E-state index contributed by atoms with van der Waals surface area (Å²) in [7, 11) is 1.56. The van der Waals surface area contributed by atoms with Gasteiger partial charge in [-0.2, -0.15) is 0 Å². The van der Waals surface area contributed by atoms with Gasteiger partial charge in [0.05, 0.1) is 13.7 Å². The lowest BCUT2D eigenvalue weighted by Gasteiger charge is -2.09. The molecule has 2 N–H and O–H groups in total. The number of hydrogen-bond acceptors (Lipinski definition) is 6. The van der Waals surface area contributed by atoms with Crippen LogP contribution in [0.5, 0.6) is 11.5 Å². The Balaban J connectivity index is 1.25. The molecule has 0 spiro atoms. The number of aromatic nitrogens is 3. The molecular weight excluding hydrogens is 398 g/mol. The van der Waals surface area contributed by atoms with Crippen molar-refractivity contribution in [1.29, 1.82) is 0 Å². The minimum Gasteiger partial charge on any atom is -0.497 e. The van der Waals surface area contributed by atoms with Crippen LogP contribution < -0.4 is 20.1 Å². The number of carbonyl (C=O) groups is 2. The standard InChI is InChI=1S/C22H23N5O4/c1-30-19-4-2-3-16(11-19)25-21(28)13-31-18-9-5-15(6-10-18)22(29)23-12-20-26-24-14-27(20)17-7-8-17/h2-6,9-11,14,17H,7-8,12-13H2,1H3,(H,23,29)(H,25,28). The van der Waals surface area contributed by atoms with Crippen molar-refractivity contribution in [3.05, 3.63) is 66.2 Å². The fourth-order valence-electron chi connectivity index (χ4n) is 3.06. The Bertz CT molecular complexity index is 1060. The number of ether oxygens (including phenoxy) is 2. The second-order valence-corrected chi connectivity index (χ2v) is 7.16. The number of amides is 2. The molecule has 1 heterocycles. The van der Waals surface area contributed by atoms with Crippen molar-refractivity contribution in [3.63, 3.8) is 0 Å². The van der Waals surface area contributed by atoms with E-state index in [-0.39, 0.29) is 18.4 Å². The van der Waals surface area contributed by atoms with Crippen LogP contribution >= 0.6 is 0 Å². The lowest BCUT2D eigenvalue weighted by molar-refractivity contribution is -0.118. The summed E-state index contributed by atoms with van der Waals surface area (Å²) in [5.74, 6) is 1.38. The van der Waals surface area contributed by atoms with Crippen LogP contribution in [0.15, 0.2) is 54.9 Å². The Morgan fingerprint density at radius 1 is 1.13 bits per heavy atom. The zero-order valence-corrected chi connectivity index (χ0v) is 17.1. The van der Waals surface area contributed by atoms with Crippen molar-refractivity contribution in [2.75, 3.05) is 19.0 Å². The number of rotatable bonds is 9. The molecule has 0 unspecified atom stereocenters. The normalized spacial score (nSPS) is 12.8. The number of anilines is 1. The third-order valence-electron chi connectivity index (χ3n) is 4.83. The van der Waals surface area contributed by atoms with E-state index in [0.29, 0.717) is 35.3 Å². The van der Waals surface area contributed by atoms with E-state index in [0.717, 1.165) is 18.7 Å². The van der Waals surface area contributed by atoms with Crippen molar-refractivity contribution >= 4 is 17.5 Å². The van der Waals surface area contributed by atoms with Crippen LogP contribution in [0.25, 0.3) is 0 Å². The maximum Gasteiger partial charge on any atom is 0.262 e. The second-order valence-electron chi connectivity index (χ2n) is 7.16. The third-order valence-corrected chi connectivity index (χ3v) is 4.83. The van der Waals surface area contributed by atoms with E-state index in [1.165, 1.54) is 0 Å². The highest BCUT2D eigenvalue weighted by Gasteiger charge is 2.26. The summed E-state index contributed by atoms with van der Waals surface area (Å²) in [6, 6.07) is 14.1. The van der Waals surface area contributed by atoms with Crippen molar-refractivity contribution < 1.29 is 19.1 Å². The summed E-state index contributed by atoms with van der Waals surface area (Å²) in [4.78, 5) is 24.5. The summed E-state index contributed by atoms with van der Waals surface area (Å²) in [5.41, 5.74) is 1.11. The van der Waals surface area contributed by atoms with Crippen molar-refractivity contribution in [3.8, 4) is 11.5 Å². The van der Waals surface area contributed by atoms with Crippen LogP contribution in [0.2, 0.25) is 0 Å². The molecule has 0 atom stereocenters. The van der Waals surface area contributed by atoms with E-state index >= 15 is 0 Å². The third kappa shape index (κ3) is 5.39. The smallest absolute Gasteiger partial charge is 0.262 e. The minimum atomic E-state index is -0.296. The first kappa shape index (κ1) is 20.4. The van der Waals surface area contributed by atoms with Crippen LogP contribution in [0.1, 0.15) is 35.1 Å². The molecule has 0 bridgehead atoms. The van der Waals surface area contributed by atoms with Gasteiger partial charge in [-0.25, -0.2) is 0 Å². The zero-order chi connectivity index (χ0) is 21.6. The topological polar surface area (TPSA) is 107 Å². The average Bonchev–Trinajstić information content (AvgIpc) is 3.54. The van der Waals surface area contributed by atoms with E-state index in [2.05, 4.69) is 20.8 Å². The van der Waals surface area contributed by atoms with Gasteiger partial charge in [-0.1, -0.05) is 6.07 Å². The molecule has 160 valence electrons. The molecular formula is C22H23N5O4. The van der Waals surface area contributed by atoms with Crippen LogP contribution in [-0.2, 0) is 11.3 Å². The monoisotopic (exact) mass is 421 g/mol. The predicted molar refractivity (Wildman–Crippen MR) is 113 cm³/mol. The van der Waals surface area contributed by atoms with Crippen molar-refractivity contribution in [2.45, 2.75) is 25.4 Å². The van der Waals surface area contributed by atoms with Gasteiger partial charge in [0.25, 0.3) is 11.8 Å². The Kier molecular flexibility index (Phi) is 6.11. The quantitative estimate of drug-likeness (QED) is 0.550. The largest absolute Gasteiger partial charge is 0.497 e. The van der Waals surface area contributed by atoms with Crippen molar-refractivity contribution in [1.82, 2.24) is 20.1 Å². The molecule has 1 saturated carbocycles. The molecule has 1 aromatic heterocycles. The highest BCUT2D eigenvalue weighted by atomic mass is 16.5. The minimum absolute atomic E-state index is 0.153. The fourth-order valence-corrected chi connectivity index (χ4v) is 3.06. The first-order valence-electron chi connectivity index (χ1n) is 9.96. The van der Waals surface area contributed by atoms with E-state index in [1.54, 1.807) is 62.0 Å². The number of methoxy groups -OCH3 is 1. The zero-order valence-electron chi connectivity index (χ0n) is 17.1. The number of nitrogens with one attached hydrogen (secondary N) is 2. The molecule has 0 saturated heterocycles. The number of hydrogen-bond donors (Lipinski definition) is 2. The Hall–Kier alpha value is -3.88. The van der Waals surface area contributed by atoms with Crippen molar-refractivity contribution in [2.24, 2.45) is 0 Å². The molecule has 1 aliphatic rings. The summed E-state index contributed by atoms with van der Waals surface area (Å²) >= 11 is 0. The van der Waals surface area contributed by atoms with E-state index in [4.69, 9.17) is 9.47 Å². The summed E-state index contributed by atoms with van der Waals surface area (Å²) in [5, 5.41) is 13.6. The lowest BCUT2D eigenvalue weighted by atomic mass is 10.2. The van der Waals surface area contributed by atoms with Gasteiger partial charge in [0.2, 0.25) is 0 Å². The molecule has 9 heteroatoms. The van der Waals surface area contributed by atoms with Crippen LogP contribution in [-0.4, -0.2) is 40.3 Å². The Morgan fingerprint density at radius 2 is 1.94 bits per heavy atom. The van der Waals surface area contributed by atoms with Gasteiger partial charge in [0.15, 0.2) is 12.4 Å². The Morgan fingerprint density at radius 3 is 2.68 bits per heavy atom. The van der Waals surface area contributed by atoms with E-state index < -0.39 is 0 Å². The van der Waals surface area contributed by atoms with Gasteiger partial charge in [0.1, 0.15) is 17.8 Å².